The molecule has 32 heavy (non-hydrogen) atoms. The highest BCUT2D eigenvalue weighted by atomic mass is 32.1. The number of nitrogens with zero attached hydrogens (tertiary/aromatic N) is 2. The largest absolute Gasteiger partial charge is 0.493 e. The lowest BCUT2D eigenvalue weighted by molar-refractivity contribution is 0.0730. The molecule has 0 radical (unpaired) electrons. The first-order valence-corrected chi connectivity index (χ1v) is 11.4. The third-order valence-corrected chi connectivity index (χ3v) is 6.71. The SMILES string of the molecule is COc1ccc(-c2nc(C(=O)N3CCC[C@@H]3c3ccc4c(c3)OCCO4)cs2)cc1OC. The Bertz CT molecular complexity index is 1150. The number of amides is 1. The lowest BCUT2D eigenvalue weighted by atomic mass is 10.0. The van der Waals surface area contributed by atoms with Crippen molar-refractivity contribution in [2.24, 2.45) is 0 Å². The molecule has 1 atom stereocenters. The molecule has 0 unspecified atom stereocenters. The summed E-state index contributed by atoms with van der Waals surface area (Å²) in [6.45, 7) is 1.81. The van der Waals surface area contributed by atoms with Crippen LogP contribution in [0.15, 0.2) is 41.8 Å². The highest BCUT2D eigenvalue weighted by Gasteiger charge is 2.32. The molecule has 2 aromatic carbocycles. The van der Waals surface area contributed by atoms with Crippen LogP contribution >= 0.6 is 11.3 Å². The molecular formula is C24H24N2O5S. The van der Waals surface area contributed by atoms with Crippen molar-refractivity contribution in [3.05, 3.63) is 53.0 Å². The van der Waals surface area contributed by atoms with E-state index < -0.39 is 0 Å². The van der Waals surface area contributed by atoms with Crippen LogP contribution < -0.4 is 18.9 Å². The second-order valence-corrected chi connectivity index (χ2v) is 8.53. The van der Waals surface area contributed by atoms with Crippen LogP contribution in [-0.4, -0.2) is 49.8 Å². The lowest BCUT2D eigenvalue weighted by Gasteiger charge is -2.26. The topological polar surface area (TPSA) is 70.1 Å². The molecule has 1 aromatic heterocycles. The smallest absolute Gasteiger partial charge is 0.273 e. The van der Waals surface area contributed by atoms with Gasteiger partial charge < -0.3 is 23.8 Å². The van der Waals surface area contributed by atoms with E-state index in [-0.39, 0.29) is 11.9 Å². The fraction of sp³-hybridized carbons (Fsp3) is 0.333. The van der Waals surface area contributed by atoms with Crippen LogP contribution in [0.2, 0.25) is 0 Å². The van der Waals surface area contributed by atoms with Crippen LogP contribution in [0, 0.1) is 0 Å². The maximum absolute atomic E-state index is 13.4. The number of likely N-dealkylation sites (tertiary alicyclic amines) is 1. The lowest BCUT2D eigenvalue weighted by Crippen LogP contribution is -2.30. The molecule has 0 saturated carbocycles. The van der Waals surface area contributed by atoms with E-state index in [1.54, 1.807) is 14.2 Å². The number of hydrogen-bond donors (Lipinski definition) is 0. The molecule has 0 aliphatic carbocycles. The normalized spacial score (nSPS) is 17.3. The number of rotatable bonds is 5. The molecule has 1 fully saturated rings. The van der Waals surface area contributed by atoms with Gasteiger partial charge in [-0.3, -0.25) is 4.79 Å². The van der Waals surface area contributed by atoms with Crippen LogP contribution in [-0.2, 0) is 0 Å². The summed E-state index contributed by atoms with van der Waals surface area (Å²) in [4.78, 5) is 19.9. The van der Waals surface area contributed by atoms with E-state index >= 15 is 0 Å². The van der Waals surface area contributed by atoms with Gasteiger partial charge in [0.15, 0.2) is 23.0 Å². The number of benzene rings is 2. The standard InChI is InChI=1S/C24H24N2O5S/c1-28-19-7-6-16(13-21(19)29-2)23-25-17(14-32-23)24(27)26-9-3-4-18(26)15-5-8-20-22(12-15)31-11-10-30-20/h5-8,12-14,18H,3-4,9-11H2,1-2H3/t18-/m1/s1. The molecule has 5 rings (SSSR count). The molecule has 0 spiro atoms. The van der Waals surface area contributed by atoms with Gasteiger partial charge in [0.2, 0.25) is 0 Å². The number of carbonyl (C=O) groups is 1. The molecule has 0 N–H and O–H groups in total. The van der Waals surface area contributed by atoms with Gasteiger partial charge >= 0.3 is 0 Å². The molecule has 0 bridgehead atoms. The van der Waals surface area contributed by atoms with E-state index in [9.17, 15) is 4.79 Å². The average Bonchev–Trinajstić information content (AvgIpc) is 3.53. The highest BCUT2D eigenvalue weighted by molar-refractivity contribution is 7.13. The highest BCUT2D eigenvalue weighted by Crippen LogP contribution is 2.39. The van der Waals surface area contributed by atoms with Gasteiger partial charge in [-0.15, -0.1) is 11.3 Å². The Morgan fingerprint density at radius 3 is 2.69 bits per heavy atom. The summed E-state index contributed by atoms with van der Waals surface area (Å²) in [6, 6.07) is 11.6. The number of aromatic nitrogens is 1. The first-order valence-electron chi connectivity index (χ1n) is 10.6. The average molecular weight is 453 g/mol. The first kappa shape index (κ1) is 20.6. The van der Waals surface area contributed by atoms with Gasteiger partial charge in [-0.25, -0.2) is 4.98 Å². The molecule has 2 aliphatic rings. The molecule has 3 aromatic rings. The summed E-state index contributed by atoms with van der Waals surface area (Å²) in [5.41, 5.74) is 2.41. The molecule has 3 heterocycles. The van der Waals surface area contributed by atoms with Crippen molar-refractivity contribution in [1.29, 1.82) is 0 Å². The number of thiazole rings is 1. The maximum Gasteiger partial charge on any atom is 0.273 e. The third kappa shape index (κ3) is 3.75. The minimum absolute atomic E-state index is 0.00422. The zero-order valence-electron chi connectivity index (χ0n) is 18.0. The van der Waals surface area contributed by atoms with E-state index in [2.05, 4.69) is 4.98 Å². The Balaban J connectivity index is 1.38. The summed E-state index contributed by atoms with van der Waals surface area (Å²) in [7, 11) is 3.20. The van der Waals surface area contributed by atoms with Gasteiger partial charge in [-0.2, -0.15) is 0 Å². The van der Waals surface area contributed by atoms with E-state index in [0.717, 1.165) is 40.5 Å². The number of methoxy groups -OCH3 is 2. The second-order valence-electron chi connectivity index (χ2n) is 7.67. The van der Waals surface area contributed by atoms with Crippen molar-refractivity contribution in [1.82, 2.24) is 9.88 Å². The Labute approximate surface area is 190 Å². The monoisotopic (exact) mass is 452 g/mol. The van der Waals surface area contributed by atoms with Crippen LogP contribution in [0.3, 0.4) is 0 Å². The Hall–Kier alpha value is -3.26. The number of carbonyl (C=O) groups excluding carboxylic acids is 1. The van der Waals surface area contributed by atoms with E-state index in [1.165, 1.54) is 11.3 Å². The summed E-state index contributed by atoms with van der Waals surface area (Å²) < 4.78 is 22.1. The first-order chi connectivity index (χ1) is 15.7. The van der Waals surface area contributed by atoms with Crippen molar-refractivity contribution in [2.75, 3.05) is 34.0 Å². The zero-order valence-corrected chi connectivity index (χ0v) is 18.8. The molecule has 166 valence electrons. The second kappa shape index (κ2) is 8.70. The number of fused-ring (bicyclic) bond motifs is 1. The van der Waals surface area contributed by atoms with Gasteiger partial charge in [0.1, 0.15) is 23.9 Å². The van der Waals surface area contributed by atoms with E-state index in [4.69, 9.17) is 18.9 Å². The number of ether oxygens (including phenoxy) is 4. The minimum Gasteiger partial charge on any atom is -0.493 e. The van der Waals surface area contributed by atoms with Crippen molar-refractivity contribution >= 4 is 17.2 Å². The van der Waals surface area contributed by atoms with Gasteiger partial charge in [0.05, 0.1) is 20.3 Å². The van der Waals surface area contributed by atoms with E-state index in [1.807, 2.05) is 46.7 Å². The molecule has 1 saturated heterocycles. The Morgan fingerprint density at radius 2 is 1.88 bits per heavy atom. The number of hydrogen-bond acceptors (Lipinski definition) is 7. The van der Waals surface area contributed by atoms with Crippen molar-refractivity contribution in [2.45, 2.75) is 18.9 Å². The Kier molecular flexibility index (Phi) is 5.61. The Morgan fingerprint density at radius 1 is 1.06 bits per heavy atom. The summed E-state index contributed by atoms with van der Waals surface area (Å²) in [5, 5.41) is 2.59. The van der Waals surface area contributed by atoms with Crippen LogP contribution in [0.5, 0.6) is 23.0 Å². The fourth-order valence-corrected chi connectivity index (χ4v) is 5.04. The van der Waals surface area contributed by atoms with Gasteiger partial charge in [0.25, 0.3) is 5.91 Å². The quantitative estimate of drug-likeness (QED) is 0.565. The summed E-state index contributed by atoms with van der Waals surface area (Å²) in [5.74, 6) is 2.74. The molecule has 2 aliphatic heterocycles. The van der Waals surface area contributed by atoms with Gasteiger partial charge in [0, 0.05) is 17.5 Å². The fourth-order valence-electron chi connectivity index (χ4n) is 4.24. The maximum atomic E-state index is 13.4. The van der Waals surface area contributed by atoms with Crippen LogP contribution in [0.4, 0.5) is 0 Å². The van der Waals surface area contributed by atoms with Crippen molar-refractivity contribution in [3.8, 4) is 33.6 Å². The van der Waals surface area contributed by atoms with Crippen LogP contribution in [0.25, 0.3) is 10.6 Å². The minimum atomic E-state index is -0.0506. The van der Waals surface area contributed by atoms with Crippen LogP contribution in [0.1, 0.15) is 34.9 Å². The summed E-state index contributed by atoms with van der Waals surface area (Å²) in [6.07, 6.45) is 1.87. The van der Waals surface area contributed by atoms with Gasteiger partial charge in [-0.1, -0.05) is 6.07 Å². The molecule has 7 nitrogen and oxygen atoms in total. The summed E-state index contributed by atoms with van der Waals surface area (Å²) >= 11 is 1.45. The van der Waals surface area contributed by atoms with E-state index in [0.29, 0.717) is 37.0 Å². The predicted molar refractivity (Wildman–Crippen MR) is 121 cm³/mol. The van der Waals surface area contributed by atoms with Gasteiger partial charge in [-0.05, 0) is 48.7 Å². The zero-order chi connectivity index (χ0) is 22.1. The molecule has 8 heteroatoms. The molecule has 1 amide bonds. The predicted octanol–water partition coefficient (Wildman–Crippen LogP) is 4.58. The molecular weight excluding hydrogens is 428 g/mol. The third-order valence-electron chi connectivity index (χ3n) is 5.82. The van der Waals surface area contributed by atoms with Crippen molar-refractivity contribution < 1.29 is 23.7 Å². The van der Waals surface area contributed by atoms with Crippen molar-refractivity contribution in [3.63, 3.8) is 0 Å².